The van der Waals surface area contributed by atoms with Gasteiger partial charge in [-0.05, 0) is 47.3 Å². The molecule has 0 heterocycles. The molecule has 0 fully saturated rings. The SMILES string of the molecule is CCC(CC)(OC)C(Cc1c(F)ccc(Br)c1F)NN. The lowest BCUT2D eigenvalue weighted by atomic mass is 9.84. The number of benzene rings is 1. The van der Waals surface area contributed by atoms with E-state index in [4.69, 9.17) is 10.6 Å². The molecule has 3 N–H and O–H groups in total. The second-order valence-corrected chi connectivity index (χ2v) is 5.58. The first-order valence-electron chi connectivity index (χ1n) is 6.59. The summed E-state index contributed by atoms with van der Waals surface area (Å²) < 4.78 is 33.7. The van der Waals surface area contributed by atoms with Crippen LogP contribution in [0.1, 0.15) is 32.3 Å². The Hall–Kier alpha value is -0.560. The third kappa shape index (κ3) is 3.36. The predicted molar refractivity (Wildman–Crippen MR) is 79.2 cm³/mol. The second kappa shape index (κ2) is 7.45. The van der Waals surface area contributed by atoms with Crippen LogP contribution in [-0.4, -0.2) is 18.8 Å². The summed E-state index contributed by atoms with van der Waals surface area (Å²) in [5, 5.41) is 0. The van der Waals surface area contributed by atoms with Gasteiger partial charge in [-0.2, -0.15) is 0 Å². The van der Waals surface area contributed by atoms with Crippen LogP contribution in [0.25, 0.3) is 0 Å². The van der Waals surface area contributed by atoms with Gasteiger partial charge in [0, 0.05) is 12.7 Å². The number of hydrazine groups is 1. The predicted octanol–water partition coefficient (Wildman–Crippen LogP) is 3.31. The molecule has 0 aromatic heterocycles. The van der Waals surface area contributed by atoms with Crippen molar-refractivity contribution < 1.29 is 13.5 Å². The smallest absolute Gasteiger partial charge is 0.143 e. The summed E-state index contributed by atoms with van der Waals surface area (Å²) in [7, 11) is 1.59. The minimum atomic E-state index is -0.595. The van der Waals surface area contributed by atoms with E-state index in [9.17, 15) is 8.78 Å². The van der Waals surface area contributed by atoms with Crippen LogP contribution in [0.3, 0.4) is 0 Å². The van der Waals surface area contributed by atoms with Gasteiger partial charge in [0.2, 0.25) is 0 Å². The van der Waals surface area contributed by atoms with E-state index in [0.717, 1.165) is 0 Å². The van der Waals surface area contributed by atoms with Gasteiger partial charge in [0.1, 0.15) is 11.6 Å². The average Bonchev–Trinajstić information content (AvgIpc) is 2.47. The molecular weight excluding hydrogens is 330 g/mol. The van der Waals surface area contributed by atoms with Gasteiger partial charge < -0.3 is 4.74 Å². The third-order valence-corrected chi connectivity index (χ3v) is 4.60. The van der Waals surface area contributed by atoms with E-state index in [1.807, 2.05) is 13.8 Å². The number of ether oxygens (including phenoxy) is 1. The first-order valence-corrected chi connectivity index (χ1v) is 7.38. The van der Waals surface area contributed by atoms with Crippen LogP contribution in [0.15, 0.2) is 16.6 Å². The molecule has 1 unspecified atom stereocenters. The van der Waals surface area contributed by atoms with Gasteiger partial charge in [-0.3, -0.25) is 11.3 Å². The van der Waals surface area contributed by atoms with Gasteiger partial charge in [-0.1, -0.05) is 13.8 Å². The van der Waals surface area contributed by atoms with E-state index in [2.05, 4.69) is 21.4 Å². The molecule has 0 spiro atoms. The highest BCUT2D eigenvalue weighted by Gasteiger charge is 2.36. The molecule has 0 aliphatic heterocycles. The highest BCUT2D eigenvalue weighted by atomic mass is 79.9. The van der Waals surface area contributed by atoms with Crippen LogP contribution in [0.2, 0.25) is 0 Å². The Kier molecular flexibility index (Phi) is 6.51. The lowest BCUT2D eigenvalue weighted by Crippen LogP contribution is -2.55. The van der Waals surface area contributed by atoms with Crippen LogP contribution >= 0.6 is 15.9 Å². The van der Waals surface area contributed by atoms with Gasteiger partial charge in [0.15, 0.2) is 0 Å². The highest BCUT2D eigenvalue weighted by Crippen LogP contribution is 2.29. The Labute approximate surface area is 127 Å². The first-order chi connectivity index (χ1) is 9.45. The Bertz CT molecular complexity index is 445. The summed E-state index contributed by atoms with van der Waals surface area (Å²) >= 11 is 3.07. The largest absolute Gasteiger partial charge is 0.377 e. The Balaban J connectivity index is 3.14. The molecule has 1 aromatic carbocycles. The zero-order valence-corrected chi connectivity index (χ0v) is 13.6. The number of hydrogen-bond donors (Lipinski definition) is 2. The summed E-state index contributed by atoms with van der Waals surface area (Å²) in [6.45, 7) is 3.93. The van der Waals surface area contributed by atoms with E-state index in [1.54, 1.807) is 7.11 Å². The normalized spacial score (nSPS) is 13.6. The molecule has 0 amide bonds. The van der Waals surface area contributed by atoms with Gasteiger partial charge in [-0.15, -0.1) is 0 Å². The first kappa shape index (κ1) is 17.5. The summed E-state index contributed by atoms with van der Waals surface area (Å²) in [6.07, 6.45) is 1.49. The summed E-state index contributed by atoms with van der Waals surface area (Å²) in [6, 6.07) is 2.20. The third-order valence-electron chi connectivity index (χ3n) is 3.99. The zero-order chi connectivity index (χ0) is 15.3. The van der Waals surface area contributed by atoms with Crippen molar-refractivity contribution >= 4 is 15.9 Å². The fourth-order valence-corrected chi connectivity index (χ4v) is 2.90. The molecular formula is C14H21BrF2N2O. The van der Waals surface area contributed by atoms with Crippen LogP contribution < -0.4 is 11.3 Å². The fourth-order valence-electron chi connectivity index (χ4n) is 2.53. The molecule has 3 nitrogen and oxygen atoms in total. The quantitative estimate of drug-likeness (QED) is 0.450. The van der Waals surface area contributed by atoms with Crippen LogP contribution in [0, 0.1) is 11.6 Å². The Morgan fingerprint density at radius 2 is 1.95 bits per heavy atom. The van der Waals surface area contributed by atoms with Crippen molar-refractivity contribution in [3.05, 3.63) is 33.8 Å². The van der Waals surface area contributed by atoms with Crippen molar-refractivity contribution in [2.45, 2.75) is 44.8 Å². The molecule has 6 heteroatoms. The second-order valence-electron chi connectivity index (χ2n) is 4.72. The van der Waals surface area contributed by atoms with Gasteiger partial charge >= 0.3 is 0 Å². The van der Waals surface area contributed by atoms with Crippen molar-refractivity contribution in [3.8, 4) is 0 Å². The summed E-state index contributed by atoms with van der Waals surface area (Å²) in [4.78, 5) is 0. The Morgan fingerprint density at radius 1 is 1.35 bits per heavy atom. The lowest BCUT2D eigenvalue weighted by molar-refractivity contribution is -0.0476. The fraction of sp³-hybridized carbons (Fsp3) is 0.571. The van der Waals surface area contributed by atoms with E-state index in [0.29, 0.717) is 12.8 Å². The molecule has 0 bridgehead atoms. The molecule has 1 aromatic rings. The van der Waals surface area contributed by atoms with Crippen molar-refractivity contribution in [1.82, 2.24) is 5.43 Å². The van der Waals surface area contributed by atoms with Crippen molar-refractivity contribution in [1.29, 1.82) is 0 Å². The zero-order valence-electron chi connectivity index (χ0n) is 12.0. The lowest BCUT2D eigenvalue weighted by Gasteiger charge is -2.38. The minimum absolute atomic E-state index is 0.00523. The number of rotatable bonds is 7. The molecule has 114 valence electrons. The maximum absolute atomic E-state index is 14.1. The van der Waals surface area contributed by atoms with Gasteiger partial charge in [0.25, 0.3) is 0 Å². The average molecular weight is 351 g/mol. The topological polar surface area (TPSA) is 47.3 Å². The van der Waals surface area contributed by atoms with Crippen molar-refractivity contribution in [2.24, 2.45) is 5.84 Å². The van der Waals surface area contributed by atoms with Crippen LogP contribution in [-0.2, 0) is 11.2 Å². The molecule has 20 heavy (non-hydrogen) atoms. The maximum Gasteiger partial charge on any atom is 0.143 e. The molecule has 1 atom stereocenters. The van der Waals surface area contributed by atoms with Crippen molar-refractivity contribution in [2.75, 3.05) is 7.11 Å². The number of nitrogens with one attached hydrogen (secondary N) is 1. The molecule has 0 saturated heterocycles. The molecule has 0 saturated carbocycles. The van der Waals surface area contributed by atoms with Crippen LogP contribution in [0.5, 0.6) is 0 Å². The molecule has 0 aliphatic rings. The van der Waals surface area contributed by atoms with E-state index < -0.39 is 17.2 Å². The number of nitrogens with two attached hydrogens (primary N) is 1. The van der Waals surface area contributed by atoms with Gasteiger partial charge in [-0.25, -0.2) is 8.78 Å². The van der Waals surface area contributed by atoms with Gasteiger partial charge in [0.05, 0.1) is 16.1 Å². The highest BCUT2D eigenvalue weighted by molar-refractivity contribution is 9.10. The number of hydrogen-bond acceptors (Lipinski definition) is 3. The summed E-state index contributed by atoms with van der Waals surface area (Å²) in [5.41, 5.74) is 2.09. The standard InChI is InChI=1S/C14H21BrF2N2O/c1-4-14(5-2,20-3)12(19-18)8-9-11(16)7-6-10(15)13(9)17/h6-7,12,19H,4-5,8,18H2,1-3H3. The minimum Gasteiger partial charge on any atom is -0.377 e. The van der Waals surface area contributed by atoms with E-state index in [-0.39, 0.29) is 22.5 Å². The molecule has 0 aliphatic carbocycles. The monoisotopic (exact) mass is 350 g/mol. The number of methoxy groups -OCH3 is 1. The summed E-state index contributed by atoms with van der Waals surface area (Å²) in [5.74, 6) is 4.41. The molecule has 0 radical (unpaired) electrons. The Morgan fingerprint density at radius 3 is 2.40 bits per heavy atom. The van der Waals surface area contributed by atoms with Crippen molar-refractivity contribution in [3.63, 3.8) is 0 Å². The number of halogens is 3. The van der Waals surface area contributed by atoms with E-state index >= 15 is 0 Å². The molecule has 1 rings (SSSR count). The maximum atomic E-state index is 14.1. The van der Waals surface area contributed by atoms with E-state index in [1.165, 1.54) is 12.1 Å². The van der Waals surface area contributed by atoms with Crippen LogP contribution in [0.4, 0.5) is 8.78 Å².